The lowest BCUT2D eigenvalue weighted by Gasteiger charge is -2.05. The van der Waals surface area contributed by atoms with Crippen LogP contribution in [0.5, 0.6) is 0 Å². The predicted molar refractivity (Wildman–Crippen MR) is 71.5 cm³/mol. The Bertz CT molecular complexity index is 632. The molecule has 6 heteroatoms. The van der Waals surface area contributed by atoms with Crippen LogP contribution in [0.15, 0.2) is 41.3 Å². The molecule has 92 valence electrons. The highest BCUT2D eigenvalue weighted by molar-refractivity contribution is 6.42. The second-order valence-electron chi connectivity index (χ2n) is 3.52. The van der Waals surface area contributed by atoms with E-state index in [9.17, 15) is 9.59 Å². The number of halogens is 2. The summed E-state index contributed by atoms with van der Waals surface area (Å²) in [6.45, 7) is 0. The average molecular weight is 283 g/mol. The molecule has 0 saturated carbocycles. The van der Waals surface area contributed by atoms with Crippen LogP contribution in [0, 0.1) is 0 Å². The van der Waals surface area contributed by atoms with Crippen molar-refractivity contribution in [2.75, 3.05) is 5.32 Å². The molecule has 0 radical (unpaired) electrons. The van der Waals surface area contributed by atoms with Crippen LogP contribution in [-0.2, 0) is 0 Å². The lowest BCUT2D eigenvalue weighted by molar-refractivity contribution is 0.102. The van der Waals surface area contributed by atoms with Crippen LogP contribution < -0.4 is 10.9 Å². The summed E-state index contributed by atoms with van der Waals surface area (Å²) < 4.78 is 0. The molecule has 0 aliphatic heterocycles. The van der Waals surface area contributed by atoms with Gasteiger partial charge in [0.1, 0.15) is 0 Å². The number of H-pyrrole nitrogens is 1. The molecule has 1 aromatic carbocycles. The molecule has 0 fully saturated rings. The van der Waals surface area contributed by atoms with Gasteiger partial charge in [-0.25, -0.2) is 0 Å². The van der Waals surface area contributed by atoms with Crippen LogP contribution >= 0.6 is 23.2 Å². The Morgan fingerprint density at radius 1 is 1.11 bits per heavy atom. The minimum atomic E-state index is -0.343. The van der Waals surface area contributed by atoms with E-state index in [0.29, 0.717) is 21.3 Å². The van der Waals surface area contributed by atoms with Gasteiger partial charge in [-0.3, -0.25) is 9.59 Å². The average Bonchev–Trinajstić information content (AvgIpc) is 2.34. The van der Waals surface area contributed by atoms with E-state index in [-0.39, 0.29) is 11.5 Å². The lowest BCUT2D eigenvalue weighted by atomic mass is 10.2. The van der Waals surface area contributed by atoms with E-state index in [4.69, 9.17) is 23.2 Å². The molecule has 1 heterocycles. The van der Waals surface area contributed by atoms with Crippen molar-refractivity contribution in [1.29, 1.82) is 0 Å². The van der Waals surface area contributed by atoms with E-state index in [1.807, 2.05) is 0 Å². The molecule has 2 rings (SSSR count). The highest BCUT2D eigenvalue weighted by Gasteiger charge is 2.07. The molecule has 1 aromatic heterocycles. The fraction of sp³-hybridized carbons (Fsp3) is 0. The number of hydrogen-bond acceptors (Lipinski definition) is 2. The van der Waals surface area contributed by atoms with Gasteiger partial charge in [-0.1, -0.05) is 23.2 Å². The largest absolute Gasteiger partial charge is 0.328 e. The molecule has 4 nitrogen and oxygen atoms in total. The van der Waals surface area contributed by atoms with Crippen molar-refractivity contribution in [2.45, 2.75) is 0 Å². The molecule has 18 heavy (non-hydrogen) atoms. The summed E-state index contributed by atoms with van der Waals surface area (Å²) in [4.78, 5) is 25.1. The number of hydrogen-bond donors (Lipinski definition) is 2. The molecule has 0 aliphatic rings. The van der Waals surface area contributed by atoms with E-state index < -0.39 is 0 Å². The molecule has 0 spiro atoms. The van der Waals surface area contributed by atoms with Gasteiger partial charge in [0.15, 0.2) is 0 Å². The summed E-state index contributed by atoms with van der Waals surface area (Å²) in [6, 6.07) is 7.49. The van der Waals surface area contributed by atoms with Crippen LogP contribution in [0.3, 0.4) is 0 Å². The Morgan fingerprint density at radius 2 is 1.89 bits per heavy atom. The molecule has 2 N–H and O–H groups in total. The van der Waals surface area contributed by atoms with Crippen LogP contribution in [0.2, 0.25) is 10.0 Å². The SMILES string of the molecule is O=C(Nc1ccc(Cl)c(Cl)c1)c1ccc(=O)[nH]c1. The van der Waals surface area contributed by atoms with Crippen LogP contribution in [0.1, 0.15) is 10.4 Å². The van der Waals surface area contributed by atoms with Crippen molar-refractivity contribution in [3.63, 3.8) is 0 Å². The maximum Gasteiger partial charge on any atom is 0.257 e. The van der Waals surface area contributed by atoms with Crippen molar-refractivity contribution in [1.82, 2.24) is 4.98 Å². The Morgan fingerprint density at radius 3 is 2.50 bits per heavy atom. The third kappa shape index (κ3) is 2.91. The third-order valence-corrected chi connectivity index (χ3v) is 2.96. The first kappa shape index (κ1) is 12.7. The second-order valence-corrected chi connectivity index (χ2v) is 4.34. The van der Waals surface area contributed by atoms with Crippen molar-refractivity contribution in [2.24, 2.45) is 0 Å². The Balaban J connectivity index is 2.18. The van der Waals surface area contributed by atoms with Crippen molar-refractivity contribution in [3.05, 3.63) is 62.5 Å². The first-order chi connectivity index (χ1) is 8.56. The highest BCUT2D eigenvalue weighted by Crippen LogP contribution is 2.25. The zero-order valence-electron chi connectivity index (χ0n) is 9.04. The Labute approximate surface area is 113 Å². The Kier molecular flexibility index (Phi) is 3.69. The number of benzene rings is 1. The smallest absolute Gasteiger partial charge is 0.257 e. The number of pyridine rings is 1. The first-order valence-electron chi connectivity index (χ1n) is 5.01. The molecular formula is C12H8Cl2N2O2. The molecule has 1 amide bonds. The highest BCUT2D eigenvalue weighted by atomic mass is 35.5. The fourth-order valence-corrected chi connectivity index (χ4v) is 1.63. The van der Waals surface area contributed by atoms with E-state index >= 15 is 0 Å². The number of nitrogens with one attached hydrogen (secondary N) is 2. The van der Waals surface area contributed by atoms with Gasteiger partial charge in [-0.15, -0.1) is 0 Å². The summed E-state index contributed by atoms with van der Waals surface area (Å²) in [6.07, 6.45) is 1.34. The van der Waals surface area contributed by atoms with Crippen molar-refractivity contribution in [3.8, 4) is 0 Å². The van der Waals surface area contributed by atoms with Crippen LogP contribution in [-0.4, -0.2) is 10.9 Å². The minimum absolute atomic E-state index is 0.263. The first-order valence-corrected chi connectivity index (χ1v) is 5.77. The molecule has 0 atom stereocenters. The topological polar surface area (TPSA) is 62.0 Å². The summed E-state index contributed by atoms with van der Waals surface area (Å²) in [5.41, 5.74) is 0.613. The van der Waals surface area contributed by atoms with Gasteiger partial charge in [0.05, 0.1) is 15.6 Å². The van der Waals surface area contributed by atoms with Gasteiger partial charge < -0.3 is 10.3 Å². The van der Waals surface area contributed by atoms with E-state index in [2.05, 4.69) is 10.3 Å². The molecule has 0 aliphatic carbocycles. The maximum absolute atomic E-state index is 11.8. The zero-order valence-corrected chi connectivity index (χ0v) is 10.5. The normalized spacial score (nSPS) is 10.1. The van der Waals surface area contributed by atoms with E-state index in [1.165, 1.54) is 18.3 Å². The van der Waals surface area contributed by atoms with Gasteiger partial charge in [0, 0.05) is 18.0 Å². The monoisotopic (exact) mass is 282 g/mol. The zero-order chi connectivity index (χ0) is 13.1. The van der Waals surface area contributed by atoms with Crippen LogP contribution in [0.4, 0.5) is 5.69 Å². The number of carbonyl (C=O) groups excluding carboxylic acids is 1. The van der Waals surface area contributed by atoms with Crippen LogP contribution in [0.25, 0.3) is 0 Å². The van der Waals surface area contributed by atoms with Gasteiger partial charge in [-0.05, 0) is 24.3 Å². The molecular weight excluding hydrogens is 275 g/mol. The number of carbonyl (C=O) groups is 1. The predicted octanol–water partition coefficient (Wildman–Crippen LogP) is 2.93. The van der Waals surface area contributed by atoms with E-state index in [0.717, 1.165) is 0 Å². The summed E-state index contributed by atoms with van der Waals surface area (Å²) >= 11 is 11.6. The van der Waals surface area contributed by atoms with Gasteiger partial charge in [-0.2, -0.15) is 0 Å². The van der Waals surface area contributed by atoms with Crippen molar-refractivity contribution >= 4 is 34.8 Å². The number of anilines is 1. The number of aromatic nitrogens is 1. The van der Waals surface area contributed by atoms with E-state index in [1.54, 1.807) is 18.2 Å². The molecule has 0 saturated heterocycles. The summed E-state index contributed by atoms with van der Waals surface area (Å²) in [5.74, 6) is -0.343. The minimum Gasteiger partial charge on any atom is -0.328 e. The lowest BCUT2D eigenvalue weighted by Crippen LogP contribution is -2.14. The molecule has 2 aromatic rings. The molecule has 0 bridgehead atoms. The summed E-state index contributed by atoms with van der Waals surface area (Å²) in [5, 5.41) is 3.41. The summed E-state index contributed by atoms with van der Waals surface area (Å²) in [7, 11) is 0. The van der Waals surface area contributed by atoms with Crippen molar-refractivity contribution < 1.29 is 4.79 Å². The number of amides is 1. The third-order valence-electron chi connectivity index (χ3n) is 2.22. The quantitative estimate of drug-likeness (QED) is 0.890. The standard InChI is InChI=1S/C12H8Cl2N2O2/c13-9-3-2-8(5-10(9)14)16-12(18)7-1-4-11(17)15-6-7/h1-6H,(H,15,17)(H,16,18). The maximum atomic E-state index is 11.8. The van der Waals surface area contributed by atoms with Gasteiger partial charge >= 0.3 is 0 Å². The van der Waals surface area contributed by atoms with Gasteiger partial charge in [0.2, 0.25) is 5.56 Å². The molecule has 0 unspecified atom stereocenters. The Hall–Kier alpha value is -1.78. The second kappa shape index (κ2) is 5.25. The fourth-order valence-electron chi connectivity index (χ4n) is 1.33. The number of rotatable bonds is 2. The van der Waals surface area contributed by atoms with Gasteiger partial charge in [0.25, 0.3) is 5.91 Å². The number of aromatic amines is 1.